The first-order valence-corrected chi connectivity index (χ1v) is 6.59. The molecule has 3 aromatic rings. The van der Waals surface area contributed by atoms with Crippen LogP contribution in [0.25, 0.3) is 10.8 Å². The maximum absolute atomic E-state index is 5.90. The van der Waals surface area contributed by atoms with E-state index in [-0.39, 0.29) is 0 Å². The van der Waals surface area contributed by atoms with Crippen LogP contribution in [-0.2, 0) is 20.2 Å². The molecule has 1 heterocycles. The fourth-order valence-corrected chi connectivity index (χ4v) is 2.34. The molecule has 0 aliphatic carbocycles. The molecule has 0 radical (unpaired) electrons. The van der Waals surface area contributed by atoms with Crippen molar-refractivity contribution in [3.63, 3.8) is 0 Å². The van der Waals surface area contributed by atoms with Crippen LogP contribution in [0, 0.1) is 0 Å². The zero-order chi connectivity index (χ0) is 13.9. The molecule has 0 aliphatic heterocycles. The van der Waals surface area contributed by atoms with Crippen molar-refractivity contribution in [2.45, 2.75) is 13.2 Å². The Kier molecular flexibility index (Phi) is 3.39. The molecular formula is C16H17N3O. The Hall–Kier alpha value is -2.33. The third-order valence-corrected chi connectivity index (χ3v) is 3.48. The van der Waals surface area contributed by atoms with Gasteiger partial charge in [0.15, 0.2) is 0 Å². The molecule has 4 heteroatoms. The zero-order valence-corrected chi connectivity index (χ0v) is 11.4. The number of aryl methyl sites for hydroxylation is 1. The smallest absolute Gasteiger partial charge is 0.146 e. The van der Waals surface area contributed by atoms with Gasteiger partial charge in [0.25, 0.3) is 0 Å². The lowest BCUT2D eigenvalue weighted by molar-refractivity contribution is 0.289. The zero-order valence-electron chi connectivity index (χ0n) is 11.4. The molecule has 0 unspecified atom stereocenters. The van der Waals surface area contributed by atoms with Crippen molar-refractivity contribution in [1.29, 1.82) is 0 Å². The molecule has 20 heavy (non-hydrogen) atoms. The maximum atomic E-state index is 5.90. The summed E-state index contributed by atoms with van der Waals surface area (Å²) in [7, 11) is 1.95. The molecule has 0 aliphatic rings. The first-order chi connectivity index (χ1) is 9.79. The summed E-state index contributed by atoms with van der Waals surface area (Å²) in [6.45, 7) is 0.895. The number of hydrogen-bond acceptors (Lipinski definition) is 3. The summed E-state index contributed by atoms with van der Waals surface area (Å²) in [5.74, 6) is 1.72. The van der Waals surface area contributed by atoms with Gasteiger partial charge in [-0.1, -0.05) is 30.3 Å². The second-order valence-corrected chi connectivity index (χ2v) is 4.71. The Labute approximate surface area is 117 Å². The Morgan fingerprint density at radius 2 is 2.05 bits per heavy atom. The standard InChI is InChI=1S/C16H17N3O/c1-19-9-8-18-16(19)11-20-15-7-6-12-4-2-3-5-13(12)14(15)10-17/h2-9H,10-11,17H2,1H3. The summed E-state index contributed by atoms with van der Waals surface area (Å²) in [6.07, 6.45) is 3.67. The Balaban J connectivity index is 1.93. The van der Waals surface area contributed by atoms with Gasteiger partial charge in [0.2, 0.25) is 0 Å². The highest BCUT2D eigenvalue weighted by Crippen LogP contribution is 2.28. The van der Waals surface area contributed by atoms with Crippen molar-refractivity contribution in [2.24, 2.45) is 12.8 Å². The van der Waals surface area contributed by atoms with Gasteiger partial charge in [0.05, 0.1) is 0 Å². The Morgan fingerprint density at radius 3 is 2.80 bits per heavy atom. The van der Waals surface area contributed by atoms with Gasteiger partial charge in [-0.15, -0.1) is 0 Å². The number of imidazole rings is 1. The summed E-state index contributed by atoms with van der Waals surface area (Å²) in [6, 6.07) is 12.2. The van der Waals surface area contributed by atoms with Gasteiger partial charge >= 0.3 is 0 Å². The fourth-order valence-electron chi connectivity index (χ4n) is 2.34. The summed E-state index contributed by atoms with van der Waals surface area (Å²) >= 11 is 0. The topological polar surface area (TPSA) is 53.1 Å². The molecule has 3 rings (SSSR count). The first kappa shape index (κ1) is 12.7. The minimum atomic E-state index is 0.439. The number of nitrogens with two attached hydrogens (primary N) is 1. The van der Waals surface area contributed by atoms with E-state index in [9.17, 15) is 0 Å². The molecule has 102 valence electrons. The van der Waals surface area contributed by atoms with Crippen LogP contribution in [0.4, 0.5) is 0 Å². The van der Waals surface area contributed by atoms with Crippen LogP contribution in [0.15, 0.2) is 48.8 Å². The van der Waals surface area contributed by atoms with Crippen molar-refractivity contribution in [1.82, 2.24) is 9.55 Å². The van der Waals surface area contributed by atoms with Gasteiger partial charge in [-0.05, 0) is 16.8 Å². The lowest BCUT2D eigenvalue weighted by Crippen LogP contribution is -2.06. The van der Waals surface area contributed by atoms with Crippen molar-refractivity contribution >= 4 is 10.8 Å². The van der Waals surface area contributed by atoms with Crippen LogP contribution < -0.4 is 10.5 Å². The van der Waals surface area contributed by atoms with Crippen molar-refractivity contribution in [3.8, 4) is 5.75 Å². The maximum Gasteiger partial charge on any atom is 0.146 e. The minimum absolute atomic E-state index is 0.439. The summed E-state index contributed by atoms with van der Waals surface area (Å²) in [5, 5.41) is 2.32. The molecule has 0 fully saturated rings. The quantitative estimate of drug-likeness (QED) is 0.790. The van der Waals surface area contributed by atoms with E-state index in [1.807, 2.05) is 36.0 Å². The van der Waals surface area contributed by atoms with E-state index in [0.29, 0.717) is 13.2 Å². The number of hydrogen-bond donors (Lipinski definition) is 1. The average molecular weight is 267 g/mol. The average Bonchev–Trinajstić information content (AvgIpc) is 2.89. The van der Waals surface area contributed by atoms with Gasteiger partial charge in [-0.2, -0.15) is 0 Å². The minimum Gasteiger partial charge on any atom is -0.485 e. The van der Waals surface area contributed by atoms with E-state index in [4.69, 9.17) is 10.5 Å². The molecular weight excluding hydrogens is 250 g/mol. The molecule has 0 bridgehead atoms. The largest absolute Gasteiger partial charge is 0.485 e. The number of rotatable bonds is 4. The van der Waals surface area contributed by atoms with E-state index < -0.39 is 0 Å². The molecule has 0 amide bonds. The summed E-state index contributed by atoms with van der Waals surface area (Å²) in [5.41, 5.74) is 6.93. The van der Waals surface area contributed by atoms with Crippen LogP contribution in [0.2, 0.25) is 0 Å². The van der Waals surface area contributed by atoms with Crippen LogP contribution in [0.1, 0.15) is 11.4 Å². The fraction of sp³-hybridized carbons (Fsp3) is 0.188. The monoisotopic (exact) mass is 267 g/mol. The number of benzene rings is 2. The van der Waals surface area contributed by atoms with Crippen LogP contribution in [0.3, 0.4) is 0 Å². The normalized spacial score (nSPS) is 10.9. The molecule has 1 aromatic heterocycles. The van der Waals surface area contributed by atoms with Crippen LogP contribution in [0.5, 0.6) is 5.75 Å². The van der Waals surface area contributed by atoms with Gasteiger partial charge in [-0.3, -0.25) is 0 Å². The van der Waals surface area contributed by atoms with E-state index in [1.165, 1.54) is 5.39 Å². The van der Waals surface area contributed by atoms with E-state index in [0.717, 1.165) is 22.5 Å². The second-order valence-electron chi connectivity index (χ2n) is 4.71. The number of aromatic nitrogens is 2. The molecule has 0 saturated carbocycles. The van der Waals surface area contributed by atoms with Crippen molar-refractivity contribution in [3.05, 3.63) is 60.2 Å². The SMILES string of the molecule is Cn1ccnc1COc1ccc2ccccc2c1CN. The Morgan fingerprint density at radius 1 is 1.20 bits per heavy atom. The first-order valence-electron chi connectivity index (χ1n) is 6.59. The lowest BCUT2D eigenvalue weighted by Gasteiger charge is -2.13. The third-order valence-electron chi connectivity index (χ3n) is 3.48. The lowest BCUT2D eigenvalue weighted by atomic mass is 10.0. The highest BCUT2D eigenvalue weighted by Gasteiger charge is 2.08. The van der Waals surface area contributed by atoms with Gasteiger partial charge < -0.3 is 15.0 Å². The molecule has 0 atom stereocenters. The van der Waals surface area contributed by atoms with Gasteiger partial charge in [0, 0.05) is 31.5 Å². The van der Waals surface area contributed by atoms with E-state index in [1.54, 1.807) is 6.20 Å². The molecule has 2 N–H and O–H groups in total. The van der Waals surface area contributed by atoms with Crippen molar-refractivity contribution < 1.29 is 4.74 Å². The highest BCUT2D eigenvalue weighted by molar-refractivity contribution is 5.87. The predicted octanol–water partition coefficient (Wildman–Crippen LogP) is 2.61. The molecule has 4 nitrogen and oxygen atoms in total. The van der Waals surface area contributed by atoms with Gasteiger partial charge in [-0.25, -0.2) is 4.98 Å². The highest BCUT2D eigenvalue weighted by atomic mass is 16.5. The van der Waals surface area contributed by atoms with Crippen LogP contribution in [-0.4, -0.2) is 9.55 Å². The van der Waals surface area contributed by atoms with Gasteiger partial charge in [0.1, 0.15) is 18.2 Å². The molecule has 2 aromatic carbocycles. The predicted molar refractivity (Wildman–Crippen MR) is 79.4 cm³/mol. The Bertz CT molecular complexity index is 733. The van der Waals surface area contributed by atoms with E-state index >= 15 is 0 Å². The second kappa shape index (κ2) is 5.35. The molecule has 0 spiro atoms. The number of fused-ring (bicyclic) bond motifs is 1. The van der Waals surface area contributed by atoms with E-state index in [2.05, 4.69) is 23.2 Å². The number of ether oxygens (including phenoxy) is 1. The van der Waals surface area contributed by atoms with Crippen LogP contribution >= 0.6 is 0 Å². The van der Waals surface area contributed by atoms with Crippen molar-refractivity contribution in [2.75, 3.05) is 0 Å². The third kappa shape index (κ3) is 2.26. The number of nitrogens with zero attached hydrogens (tertiary/aromatic N) is 2. The molecule has 0 saturated heterocycles. The summed E-state index contributed by atoms with van der Waals surface area (Å²) < 4.78 is 7.85. The summed E-state index contributed by atoms with van der Waals surface area (Å²) in [4.78, 5) is 4.26.